The van der Waals surface area contributed by atoms with Gasteiger partial charge in [-0.2, -0.15) is 0 Å². The van der Waals surface area contributed by atoms with Crippen LogP contribution in [0.15, 0.2) is 194 Å². The molecule has 2 fully saturated rings. The van der Waals surface area contributed by atoms with Crippen LogP contribution in [0.4, 0.5) is 56.9 Å². The number of aryl methyl sites for hydroxylation is 1. The van der Waals surface area contributed by atoms with E-state index in [1.165, 1.54) is 162 Å². The lowest BCUT2D eigenvalue weighted by Crippen LogP contribution is -2.61. The van der Waals surface area contributed by atoms with Crippen molar-refractivity contribution in [2.75, 3.05) is 19.6 Å². The smallest absolute Gasteiger partial charge is 0.252 e. The van der Waals surface area contributed by atoms with E-state index in [1.54, 1.807) is 0 Å². The van der Waals surface area contributed by atoms with E-state index in [2.05, 4.69) is 290 Å². The zero-order valence-electron chi connectivity index (χ0n) is 51.5. The van der Waals surface area contributed by atoms with Crippen LogP contribution in [0.3, 0.4) is 0 Å². The van der Waals surface area contributed by atoms with Gasteiger partial charge < -0.3 is 19.6 Å². The van der Waals surface area contributed by atoms with Crippen LogP contribution in [0.25, 0.3) is 22.3 Å². The normalized spacial score (nSPS) is 22.9. The van der Waals surface area contributed by atoms with Crippen molar-refractivity contribution in [3.8, 4) is 22.3 Å². The first-order chi connectivity index (χ1) is 40.3. The van der Waals surface area contributed by atoms with Crippen LogP contribution in [0, 0.1) is 6.92 Å². The van der Waals surface area contributed by atoms with Crippen LogP contribution >= 0.6 is 0 Å². The predicted molar refractivity (Wildman–Crippen MR) is 359 cm³/mol. The van der Waals surface area contributed by atoms with E-state index >= 15 is 0 Å². The molecule has 0 amide bonds. The maximum Gasteiger partial charge on any atom is 0.252 e. The number of benzene rings is 9. The summed E-state index contributed by atoms with van der Waals surface area (Å²) >= 11 is 0. The molecule has 4 aliphatic heterocycles. The molecule has 420 valence electrons. The monoisotopic (exact) mass is 1100 g/mol. The Bertz CT molecular complexity index is 3870. The summed E-state index contributed by atoms with van der Waals surface area (Å²) in [4.78, 5) is 11.0. The summed E-state index contributed by atoms with van der Waals surface area (Å²) in [5.74, 6) is 0. The van der Waals surface area contributed by atoms with Crippen molar-refractivity contribution in [1.82, 2.24) is 0 Å². The van der Waals surface area contributed by atoms with Crippen LogP contribution < -0.4 is 36.0 Å². The lowest BCUT2D eigenvalue weighted by atomic mass is 9.33. The summed E-state index contributed by atoms with van der Waals surface area (Å²) in [6, 6.07) is 76.2. The number of fused-ring (bicyclic) bond motifs is 10. The zero-order valence-corrected chi connectivity index (χ0v) is 51.5. The van der Waals surface area contributed by atoms with Crippen LogP contribution in [-0.4, -0.2) is 17.8 Å². The first kappa shape index (κ1) is 53.0. The number of para-hydroxylation sites is 2. The van der Waals surface area contributed by atoms with Crippen molar-refractivity contribution in [3.63, 3.8) is 0 Å². The molecule has 2 aliphatic carbocycles. The largest absolute Gasteiger partial charge is 0.334 e. The fourth-order valence-corrected chi connectivity index (χ4v) is 17.2. The Morgan fingerprint density at radius 2 is 0.762 bits per heavy atom. The fourth-order valence-electron chi connectivity index (χ4n) is 17.2. The minimum atomic E-state index is -0.0968. The van der Waals surface area contributed by atoms with E-state index in [0.717, 1.165) is 12.8 Å². The molecular weight excluding hydrogens is 1020 g/mol. The molecule has 4 nitrogen and oxygen atoms in total. The van der Waals surface area contributed by atoms with E-state index in [4.69, 9.17) is 0 Å². The van der Waals surface area contributed by atoms with Crippen LogP contribution in [-0.2, 0) is 21.7 Å². The van der Waals surface area contributed by atoms with Crippen molar-refractivity contribution < 1.29 is 0 Å². The minimum absolute atomic E-state index is 0.0223. The van der Waals surface area contributed by atoms with E-state index in [0.29, 0.717) is 0 Å². The second kappa shape index (κ2) is 18.6. The summed E-state index contributed by atoms with van der Waals surface area (Å²) in [6.45, 7) is 26.6. The lowest BCUT2D eigenvalue weighted by Gasteiger charge is -2.51. The highest BCUT2D eigenvalue weighted by molar-refractivity contribution is 7.00. The topological polar surface area (TPSA) is 13.0 Å². The van der Waals surface area contributed by atoms with Gasteiger partial charge in [-0.05, 0) is 185 Å². The summed E-state index contributed by atoms with van der Waals surface area (Å²) < 4.78 is 0. The highest BCUT2D eigenvalue weighted by Crippen LogP contribution is 2.63. The Hall–Kier alpha value is -7.76. The Morgan fingerprint density at radius 1 is 0.369 bits per heavy atom. The van der Waals surface area contributed by atoms with Crippen molar-refractivity contribution in [1.29, 1.82) is 0 Å². The first-order valence-electron chi connectivity index (χ1n) is 31.5. The van der Waals surface area contributed by atoms with E-state index in [-0.39, 0.29) is 39.5 Å². The highest BCUT2D eigenvalue weighted by Gasteiger charge is 2.59. The summed E-state index contributed by atoms with van der Waals surface area (Å²) in [7, 11) is 0. The number of hydrogen-bond acceptors (Lipinski definition) is 4. The Morgan fingerprint density at radius 3 is 1.18 bits per heavy atom. The van der Waals surface area contributed by atoms with Crippen LogP contribution in [0.2, 0.25) is 0 Å². The number of rotatable bonds is 6. The molecular formula is C79H81BN4. The number of hydrogen-bond donors (Lipinski definition) is 0. The summed E-state index contributed by atoms with van der Waals surface area (Å²) in [6.07, 6.45) is 9.64. The average Bonchev–Trinajstić information content (AvgIpc) is 1.39. The second-order valence-electron chi connectivity index (χ2n) is 28.8. The maximum atomic E-state index is 2.78. The van der Waals surface area contributed by atoms with Gasteiger partial charge in [0.2, 0.25) is 0 Å². The number of anilines is 10. The molecule has 0 bridgehead atoms. The van der Waals surface area contributed by atoms with E-state index < -0.39 is 0 Å². The Balaban J connectivity index is 1.04. The van der Waals surface area contributed by atoms with Gasteiger partial charge in [-0.1, -0.05) is 202 Å². The fraction of sp³-hybridized carbons (Fsp3) is 0.316. The van der Waals surface area contributed by atoms with Gasteiger partial charge in [0.1, 0.15) is 0 Å². The van der Waals surface area contributed by atoms with Crippen molar-refractivity contribution in [2.24, 2.45) is 0 Å². The molecule has 9 aromatic carbocycles. The van der Waals surface area contributed by atoms with Gasteiger partial charge in [0, 0.05) is 67.5 Å². The minimum Gasteiger partial charge on any atom is -0.334 e. The van der Waals surface area contributed by atoms with Crippen molar-refractivity contribution in [3.05, 3.63) is 222 Å². The van der Waals surface area contributed by atoms with Gasteiger partial charge in [0.25, 0.3) is 6.71 Å². The third kappa shape index (κ3) is 7.51. The molecule has 0 aromatic heterocycles. The molecule has 2 saturated carbocycles. The van der Waals surface area contributed by atoms with Gasteiger partial charge >= 0.3 is 0 Å². The van der Waals surface area contributed by atoms with E-state index in [9.17, 15) is 0 Å². The molecule has 6 aliphatic rings. The standard InChI is InChI=1S/C79H81BN4/c1-52-46-71-73-72(47-52)82(66-41-35-56(75(5,6)7)49-60(66)54-28-16-13-17-29-54)70-51-58(84-68-33-21-19-31-62(68)77(9)43-23-25-45-79(77,84)11)37-39-64(70)80(73)63-38-36-57(83-67-32-20-18-30-61(67)76(8)42-22-24-44-78(76,83)10)50-69(63)81(71)65-40-34-55(74(2,3)4)48-59(65)53-26-14-12-15-27-53/h12-21,26-41,46-51H,22-25,42-45H2,1-11H3. The van der Waals surface area contributed by atoms with Crippen molar-refractivity contribution in [2.45, 2.75) is 160 Å². The van der Waals surface area contributed by atoms with Gasteiger partial charge in [-0.25, -0.2) is 0 Å². The summed E-state index contributed by atoms with van der Waals surface area (Å²) in [5, 5.41) is 0. The molecule has 4 heterocycles. The molecule has 9 aromatic rings. The molecule has 0 saturated heterocycles. The second-order valence-corrected chi connectivity index (χ2v) is 28.8. The molecule has 4 atom stereocenters. The van der Waals surface area contributed by atoms with Crippen LogP contribution in [0.5, 0.6) is 0 Å². The van der Waals surface area contributed by atoms with Gasteiger partial charge in [-0.15, -0.1) is 0 Å². The Kier molecular flexibility index (Phi) is 11.8. The molecule has 5 heteroatoms. The molecule has 0 radical (unpaired) electrons. The van der Waals surface area contributed by atoms with E-state index in [1.807, 2.05) is 0 Å². The maximum absolute atomic E-state index is 2.78. The highest BCUT2D eigenvalue weighted by atomic mass is 15.3. The molecule has 0 N–H and O–H groups in total. The Labute approximate surface area is 501 Å². The third-order valence-electron chi connectivity index (χ3n) is 22.1. The first-order valence-corrected chi connectivity index (χ1v) is 31.5. The predicted octanol–water partition coefficient (Wildman–Crippen LogP) is 19.5. The average molecular weight is 1100 g/mol. The molecule has 15 rings (SSSR count). The SMILES string of the molecule is Cc1cc2c3c(c1)N(c1ccc(C(C)(C)C)cc1-c1ccccc1)c1cc(N4c5ccccc5C5(C)CCCCC45C)ccc1B3c1ccc(N3c4ccccc4C4(C)CCCCC34C)cc1N2c1ccc(C(C)(C)C)cc1-c1ccccc1. The van der Waals surface area contributed by atoms with Crippen LogP contribution in [0.1, 0.15) is 148 Å². The van der Waals surface area contributed by atoms with Gasteiger partial charge in [0.15, 0.2) is 0 Å². The van der Waals surface area contributed by atoms with Crippen molar-refractivity contribution >= 4 is 80.0 Å². The molecule has 84 heavy (non-hydrogen) atoms. The lowest BCUT2D eigenvalue weighted by molar-refractivity contribution is 0.195. The van der Waals surface area contributed by atoms with Gasteiger partial charge in [-0.3, -0.25) is 0 Å². The zero-order chi connectivity index (χ0) is 57.9. The third-order valence-corrected chi connectivity index (χ3v) is 22.1. The van der Waals surface area contributed by atoms with Gasteiger partial charge in [0.05, 0.1) is 22.5 Å². The quantitative estimate of drug-likeness (QED) is 0.154. The molecule has 0 spiro atoms. The number of nitrogens with zero attached hydrogens (tertiary/aromatic N) is 4. The summed E-state index contributed by atoms with van der Waals surface area (Å²) in [5.41, 5.74) is 28.1. The molecule has 4 unspecified atom stereocenters.